The van der Waals surface area contributed by atoms with Crippen LogP contribution in [0.15, 0.2) is 42.5 Å². The molecule has 2 amide bonds. The van der Waals surface area contributed by atoms with E-state index in [1.807, 2.05) is 24.3 Å². The van der Waals surface area contributed by atoms with Crippen LogP contribution in [0.4, 0.5) is 16.2 Å². The summed E-state index contributed by atoms with van der Waals surface area (Å²) >= 11 is 0. The Hall–Kier alpha value is -2.49. The predicted molar refractivity (Wildman–Crippen MR) is 87.6 cm³/mol. The average Bonchev–Trinajstić information content (AvgIpc) is 2.43. The van der Waals surface area contributed by atoms with E-state index in [9.17, 15) is 4.79 Å². The molecule has 4 heteroatoms. The Morgan fingerprint density at radius 3 is 2.19 bits per heavy atom. The lowest BCUT2D eigenvalue weighted by molar-refractivity contribution is 0.259. The molecule has 0 heterocycles. The van der Waals surface area contributed by atoms with Crippen molar-refractivity contribution in [1.82, 2.24) is 0 Å². The fourth-order valence-corrected chi connectivity index (χ4v) is 2.16. The van der Waals surface area contributed by atoms with E-state index in [0.29, 0.717) is 5.69 Å². The molecule has 1 unspecified atom stereocenters. The van der Waals surface area contributed by atoms with E-state index in [1.54, 1.807) is 0 Å². The summed E-state index contributed by atoms with van der Waals surface area (Å²) < 4.78 is 0. The quantitative estimate of drug-likeness (QED) is 0.794. The summed E-state index contributed by atoms with van der Waals surface area (Å²) in [5.74, 6) is 0. The molecule has 0 bridgehead atoms. The molecule has 0 aliphatic carbocycles. The van der Waals surface area contributed by atoms with Crippen molar-refractivity contribution in [3.05, 3.63) is 59.2 Å². The molecule has 0 aliphatic rings. The van der Waals surface area contributed by atoms with Gasteiger partial charge in [0.25, 0.3) is 0 Å². The molecule has 0 saturated heterocycles. The molecule has 4 nitrogen and oxygen atoms in total. The van der Waals surface area contributed by atoms with Gasteiger partial charge in [-0.25, -0.2) is 4.79 Å². The van der Waals surface area contributed by atoms with Crippen molar-refractivity contribution >= 4 is 17.4 Å². The maximum Gasteiger partial charge on any atom is 0.316 e. The third-order valence-corrected chi connectivity index (χ3v) is 3.57. The van der Waals surface area contributed by atoms with Gasteiger partial charge in [-0.05, 0) is 61.7 Å². The monoisotopic (exact) mass is 283 g/mol. The van der Waals surface area contributed by atoms with Crippen LogP contribution < -0.4 is 16.4 Å². The third-order valence-electron chi connectivity index (χ3n) is 3.57. The van der Waals surface area contributed by atoms with Crippen molar-refractivity contribution in [2.45, 2.75) is 26.8 Å². The van der Waals surface area contributed by atoms with Crippen molar-refractivity contribution in [3.8, 4) is 0 Å². The number of aryl methyl sites for hydroxylation is 2. The summed E-state index contributed by atoms with van der Waals surface area (Å²) in [6.45, 7) is 6.36. The second kappa shape index (κ2) is 6.31. The first-order valence-corrected chi connectivity index (χ1v) is 6.96. The molecule has 4 N–H and O–H groups in total. The minimum Gasteiger partial charge on any atom is -0.379 e. The van der Waals surface area contributed by atoms with E-state index < -0.39 is 6.03 Å². The summed E-state index contributed by atoms with van der Waals surface area (Å²) in [4.78, 5) is 10.8. The Labute approximate surface area is 125 Å². The number of amides is 2. The fourth-order valence-electron chi connectivity index (χ4n) is 2.16. The molecule has 2 aromatic carbocycles. The SMILES string of the molecule is Cc1ccc(C(C)Nc2ccc(NC(N)=O)cc2)cc1C. The lowest BCUT2D eigenvalue weighted by atomic mass is 10.0. The van der Waals surface area contributed by atoms with Crippen LogP contribution >= 0.6 is 0 Å². The van der Waals surface area contributed by atoms with Gasteiger partial charge in [-0.2, -0.15) is 0 Å². The number of primary amides is 1. The molecule has 21 heavy (non-hydrogen) atoms. The predicted octanol–water partition coefficient (Wildman–Crippen LogP) is 3.97. The molecular formula is C17H21N3O. The highest BCUT2D eigenvalue weighted by Gasteiger charge is 2.06. The maximum atomic E-state index is 10.8. The van der Waals surface area contributed by atoms with Crippen LogP contribution in [-0.2, 0) is 0 Å². The van der Waals surface area contributed by atoms with Crippen LogP contribution in [-0.4, -0.2) is 6.03 Å². The largest absolute Gasteiger partial charge is 0.379 e. The Bertz CT molecular complexity index is 635. The topological polar surface area (TPSA) is 67.2 Å². The molecule has 2 rings (SSSR count). The van der Waals surface area contributed by atoms with Crippen LogP contribution in [0.25, 0.3) is 0 Å². The van der Waals surface area contributed by atoms with E-state index in [0.717, 1.165) is 5.69 Å². The van der Waals surface area contributed by atoms with Crippen molar-refractivity contribution < 1.29 is 4.79 Å². The first-order valence-electron chi connectivity index (χ1n) is 6.96. The van der Waals surface area contributed by atoms with Crippen molar-refractivity contribution in [2.75, 3.05) is 10.6 Å². The van der Waals surface area contributed by atoms with Crippen molar-refractivity contribution in [1.29, 1.82) is 0 Å². The fraction of sp³-hybridized carbons (Fsp3) is 0.235. The highest BCUT2D eigenvalue weighted by Crippen LogP contribution is 2.22. The highest BCUT2D eigenvalue weighted by atomic mass is 16.2. The van der Waals surface area contributed by atoms with Gasteiger partial charge < -0.3 is 16.4 Å². The van der Waals surface area contributed by atoms with Gasteiger partial charge in [-0.3, -0.25) is 0 Å². The van der Waals surface area contributed by atoms with Crippen LogP contribution in [0.1, 0.15) is 29.7 Å². The van der Waals surface area contributed by atoms with Gasteiger partial charge >= 0.3 is 6.03 Å². The number of benzene rings is 2. The van der Waals surface area contributed by atoms with Crippen molar-refractivity contribution in [3.63, 3.8) is 0 Å². The smallest absolute Gasteiger partial charge is 0.316 e. The second-order valence-electron chi connectivity index (χ2n) is 5.28. The third kappa shape index (κ3) is 3.99. The molecule has 0 aliphatic heterocycles. The number of rotatable bonds is 4. The number of carbonyl (C=O) groups excluding carboxylic acids is 1. The first-order chi connectivity index (χ1) is 9.95. The Kier molecular flexibility index (Phi) is 4.48. The molecule has 1 atom stereocenters. The number of nitrogens with two attached hydrogens (primary N) is 1. The molecule has 0 fully saturated rings. The number of anilines is 2. The van der Waals surface area contributed by atoms with E-state index in [2.05, 4.69) is 49.6 Å². The van der Waals surface area contributed by atoms with Crippen LogP contribution in [0.5, 0.6) is 0 Å². The van der Waals surface area contributed by atoms with E-state index in [1.165, 1.54) is 16.7 Å². The summed E-state index contributed by atoms with van der Waals surface area (Å²) in [6, 6.07) is 13.6. The Morgan fingerprint density at radius 2 is 1.62 bits per heavy atom. The summed E-state index contributed by atoms with van der Waals surface area (Å²) in [5.41, 5.74) is 10.6. The zero-order valence-corrected chi connectivity index (χ0v) is 12.6. The van der Waals surface area contributed by atoms with Crippen molar-refractivity contribution in [2.24, 2.45) is 5.73 Å². The van der Waals surface area contributed by atoms with Gasteiger partial charge in [0.2, 0.25) is 0 Å². The van der Waals surface area contributed by atoms with E-state index in [4.69, 9.17) is 5.73 Å². The number of nitrogens with one attached hydrogen (secondary N) is 2. The number of carbonyl (C=O) groups is 1. The average molecular weight is 283 g/mol. The molecular weight excluding hydrogens is 262 g/mol. The lowest BCUT2D eigenvalue weighted by Crippen LogP contribution is -2.19. The molecule has 2 aromatic rings. The van der Waals surface area contributed by atoms with Gasteiger partial charge in [0.05, 0.1) is 0 Å². The van der Waals surface area contributed by atoms with Crippen LogP contribution in [0.3, 0.4) is 0 Å². The molecule has 0 spiro atoms. The summed E-state index contributed by atoms with van der Waals surface area (Å²) in [7, 11) is 0. The summed E-state index contributed by atoms with van der Waals surface area (Å²) in [5, 5.41) is 5.98. The van der Waals surface area contributed by atoms with Crippen LogP contribution in [0.2, 0.25) is 0 Å². The van der Waals surface area contributed by atoms with Gasteiger partial charge in [-0.15, -0.1) is 0 Å². The minimum absolute atomic E-state index is 0.208. The maximum absolute atomic E-state index is 10.8. The minimum atomic E-state index is -0.556. The number of hydrogen-bond donors (Lipinski definition) is 3. The Balaban J connectivity index is 2.06. The highest BCUT2D eigenvalue weighted by molar-refractivity contribution is 5.87. The Morgan fingerprint density at radius 1 is 1.00 bits per heavy atom. The van der Waals surface area contributed by atoms with Gasteiger partial charge in [-0.1, -0.05) is 18.2 Å². The molecule has 0 radical (unpaired) electrons. The van der Waals surface area contributed by atoms with Crippen LogP contribution in [0, 0.1) is 13.8 Å². The van der Waals surface area contributed by atoms with Gasteiger partial charge in [0.15, 0.2) is 0 Å². The molecule has 110 valence electrons. The zero-order chi connectivity index (χ0) is 15.4. The van der Waals surface area contributed by atoms with Gasteiger partial charge in [0, 0.05) is 17.4 Å². The normalized spacial score (nSPS) is 11.8. The zero-order valence-electron chi connectivity index (χ0n) is 12.6. The second-order valence-corrected chi connectivity index (χ2v) is 5.28. The summed E-state index contributed by atoms with van der Waals surface area (Å²) in [6.07, 6.45) is 0. The lowest BCUT2D eigenvalue weighted by Gasteiger charge is -2.17. The number of urea groups is 1. The van der Waals surface area contributed by atoms with E-state index in [-0.39, 0.29) is 6.04 Å². The van der Waals surface area contributed by atoms with Gasteiger partial charge in [0.1, 0.15) is 0 Å². The first kappa shape index (κ1) is 14.9. The molecule has 0 aromatic heterocycles. The molecule has 0 saturated carbocycles. The standard InChI is InChI=1S/C17H21N3O/c1-11-4-5-14(10-12(11)2)13(3)19-15-6-8-16(9-7-15)20-17(18)21/h4-10,13,19H,1-3H3,(H3,18,20,21). The number of hydrogen-bond acceptors (Lipinski definition) is 2. The van der Waals surface area contributed by atoms with E-state index >= 15 is 0 Å².